The molecule has 2 aromatic carbocycles. The van der Waals surface area contributed by atoms with Gasteiger partial charge in [-0.15, -0.1) is 21.5 Å². The Bertz CT molecular complexity index is 1940. The molecule has 4 N–H and O–H groups in total. The van der Waals surface area contributed by atoms with Crippen molar-refractivity contribution in [3.63, 3.8) is 0 Å². The Kier molecular flexibility index (Phi) is 10.5. The molecular weight excluding hydrogens is 638 g/mol. The van der Waals surface area contributed by atoms with Gasteiger partial charge in [0.05, 0.1) is 31.4 Å². The van der Waals surface area contributed by atoms with Crippen LogP contribution in [-0.2, 0) is 14.3 Å². The molecular formula is C34H34ClN7O4S. The zero-order valence-corrected chi connectivity index (χ0v) is 28.0. The maximum absolute atomic E-state index is 13.2. The Morgan fingerprint density at radius 2 is 1.85 bits per heavy atom. The number of esters is 1. The Balaban J connectivity index is 1.27. The molecule has 13 heteroatoms. The summed E-state index contributed by atoms with van der Waals surface area (Å²) in [6.07, 6.45) is 0.575. The number of nitrogens with two attached hydrogens (primary N) is 1. The second-order valence-electron chi connectivity index (χ2n) is 10.9. The van der Waals surface area contributed by atoms with Crippen LogP contribution in [0.5, 0.6) is 0 Å². The molecule has 0 bridgehead atoms. The van der Waals surface area contributed by atoms with Gasteiger partial charge in [0.15, 0.2) is 5.82 Å². The minimum atomic E-state index is -0.594. The third-order valence-electron chi connectivity index (χ3n) is 7.61. The number of fused-ring (bicyclic) bond motifs is 3. The van der Waals surface area contributed by atoms with Crippen LogP contribution in [0.4, 0.5) is 5.69 Å². The fourth-order valence-corrected chi connectivity index (χ4v) is 6.58. The topological polar surface area (TPSA) is 154 Å². The standard InChI is InChI=1S/C34H34ClN7O4S/c1-19-20(2)47-33-30(19)31(23-9-11-25(35)12-10-23)39-27(32-41-40-21(3)42(32)33)18-29(44)37-14-6-8-28(43)38-26-16-22(7-5-13-36)15-24(17-26)34(45)46-4/h9-12,15-17,27H,6,8,13-14,18,36H2,1-4H3,(H,37,44)(H,38,43)/t27-/m0/s1. The second kappa shape index (κ2) is 14.7. The van der Waals surface area contributed by atoms with Gasteiger partial charge in [-0.1, -0.05) is 35.6 Å². The fraction of sp³-hybridized carbons (Fsp3) is 0.294. The van der Waals surface area contributed by atoms with Crippen molar-refractivity contribution >= 4 is 52.1 Å². The molecule has 1 aliphatic rings. The first kappa shape index (κ1) is 33.5. The van der Waals surface area contributed by atoms with Gasteiger partial charge in [-0.25, -0.2) is 4.79 Å². The number of aromatic nitrogens is 3. The SMILES string of the molecule is COC(=O)c1cc(C#CCN)cc(NC(=O)CCCNC(=O)C[C@@H]2N=C(c3ccc(Cl)cc3)c3c(sc(C)c3C)-n3c(C)nnc32)c1. The van der Waals surface area contributed by atoms with E-state index in [-0.39, 0.29) is 43.3 Å². The Labute approximate surface area is 281 Å². The van der Waals surface area contributed by atoms with E-state index >= 15 is 0 Å². The highest BCUT2D eigenvalue weighted by Gasteiger charge is 2.32. The van der Waals surface area contributed by atoms with Crippen LogP contribution in [-0.4, -0.2) is 58.5 Å². The maximum Gasteiger partial charge on any atom is 0.337 e. The van der Waals surface area contributed by atoms with Gasteiger partial charge in [-0.2, -0.15) is 0 Å². The van der Waals surface area contributed by atoms with E-state index in [0.717, 1.165) is 32.3 Å². The van der Waals surface area contributed by atoms with Crippen molar-refractivity contribution in [2.45, 2.75) is 46.1 Å². The van der Waals surface area contributed by atoms with Crippen LogP contribution in [0.1, 0.15) is 74.4 Å². The molecule has 1 atom stereocenters. The summed E-state index contributed by atoms with van der Waals surface area (Å²) in [6.45, 7) is 6.47. The van der Waals surface area contributed by atoms with Crippen LogP contribution in [0.2, 0.25) is 5.02 Å². The minimum absolute atomic E-state index is 0.0430. The Morgan fingerprint density at radius 3 is 2.57 bits per heavy atom. The van der Waals surface area contributed by atoms with Crippen LogP contribution in [0.15, 0.2) is 47.5 Å². The predicted octanol–water partition coefficient (Wildman–Crippen LogP) is 4.82. The molecule has 0 aliphatic carbocycles. The lowest BCUT2D eigenvalue weighted by molar-refractivity contribution is -0.122. The number of ether oxygens (including phenoxy) is 1. The van der Waals surface area contributed by atoms with E-state index in [1.54, 1.807) is 23.5 Å². The largest absolute Gasteiger partial charge is 0.465 e. The molecule has 1 aliphatic heterocycles. The zero-order valence-electron chi connectivity index (χ0n) is 26.4. The zero-order chi connectivity index (χ0) is 33.7. The molecule has 47 heavy (non-hydrogen) atoms. The van der Waals surface area contributed by atoms with E-state index < -0.39 is 12.0 Å². The highest BCUT2D eigenvalue weighted by atomic mass is 35.5. The van der Waals surface area contributed by atoms with Crippen molar-refractivity contribution < 1.29 is 19.1 Å². The molecule has 5 rings (SSSR count). The van der Waals surface area contributed by atoms with Crippen LogP contribution < -0.4 is 16.4 Å². The molecule has 242 valence electrons. The number of aliphatic imine (C=N–C) groups is 1. The normalized spacial score (nSPS) is 13.3. The van der Waals surface area contributed by atoms with E-state index in [1.165, 1.54) is 13.2 Å². The van der Waals surface area contributed by atoms with Crippen molar-refractivity contribution in [1.82, 2.24) is 20.1 Å². The summed E-state index contributed by atoms with van der Waals surface area (Å²) in [5.41, 5.74) is 10.4. The monoisotopic (exact) mass is 671 g/mol. The molecule has 11 nitrogen and oxygen atoms in total. The smallest absolute Gasteiger partial charge is 0.337 e. The molecule has 0 spiro atoms. The number of carbonyl (C=O) groups excluding carboxylic acids is 3. The Hall–Kier alpha value is -4.83. The van der Waals surface area contributed by atoms with Gasteiger partial charge in [0.1, 0.15) is 16.9 Å². The van der Waals surface area contributed by atoms with Gasteiger partial charge in [0, 0.05) is 45.2 Å². The first-order valence-corrected chi connectivity index (χ1v) is 16.1. The maximum atomic E-state index is 13.2. The number of aryl methyl sites for hydroxylation is 2. The number of nitrogens with zero attached hydrogens (tertiary/aromatic N) is 4. The van der Waals surface area contributed by atoms with Gasteiger partial charge in [0.25, 0.3) is 0 Å². The minimum Gasteiger partial charge on any atom is -0.465 e. The molecule has 0 saturated carbocycles. The van der Waals surface area contributed by atoms with E-state index in [4.69, 9.17) is 27.1 Å². The number of rotatable bonds is 9. The number of methoxy groups -OCH3 is 1. The van der Waals surface area contributed by atoms with Crippen LogP contribution in [0.25, 0.3) is 5.00 Å². The van der Waals surface area contributed by atoms with Gasteiger partial charge < -0.3 is 21.1 Å². The number of thiophene rings is 1. The molecule has 2 aromatic heterocycles. The predicted molar refractivity (Wildman–Crippen MR) is 182 cm³/mol. The lowest BCUT2D eigenvalue weighted by Gasteiger charge is -2.13. The second-order valence-corrected chi connectivity index (χ2v) is 12.5. The quantitative estimate of drug-likeness (QED) is 0.131. The third kappa shape index (κ3) is 7.60. The van der Waals surface area contributed by atoms with Crippen LogP contribution >= 0.6 is 22.9 Å². The summed E-state index contributed by atoms with van der Waals surface area (Å²) >= 11 is 7.84. The summed E-state index contributed by atoms with van der Waals surface area (Å²) in [6, 6.07) is 11.7. The lowest BCUT2D eigenvalue weighted by Crippen LogP contribution is -2.27. The number of hydrogen-bond acceptors (Lipinski definition) is 9. The molecule has 0 saturated heterocycles. The van der Waals surface area contributed by atoms with Gasteiger partial charge >= 0.3 is 5.97 Å². The number of halogens is 1. The summed E-state index contributed by atoms with van der Waals surface area (Å²) in [4.78, 5) is 44.3. The molecule has 0 fully saturated rings. The molecule has 0 radical (unpaired) electrons. The highest BCUT2D eigenvalue weighted by molar-refractivity contribution is 7.15. The number of amides is 2. The molecule has 4 aromatic rings. The van der Waals surface area contributed by atoms with Gasteiger partial charge in [0.2, 0.25) is 11.8 Å². The van der Waals surface area contributed by atoms with E-state index in [9.17, 15) is 14.4 Å². The Morgan fingerprint density at radius 1 is 1.09 bits per heavy atom. The summed E-state index contributed by atoms with van der Waals surface area (Å²) in [5, 5.41) is 16.1. The van der Waals surface area contributed by atoms with E-state index in [1.807, 2.05) is 35.8 Å². The van der Waals surface area contributed by atoms with Crippen molar-refractivity contribution in [2.75, 3.05) is 25.5 Å². The van der Waals surface area contributed by atoms with E-state index in [0.29, 0.717) is 34.3 Å². The van der Waals surface area contributed by atoms with Crippen LogP contribution in [0.3, 0.4) is 0 Å². The number of carbonyl (C=O) groups is 3. The van der Waals surface area contributed by atoms with E-state index in [2.05, 4.69) is 46.5 Å². The number of benzene rings is 2. The first-order valence-electron chi connectivity index (χ1n) is 14.9. The fourth-order valence-electron chi connectivity index (χ4n) is 5.24. The first-order chi connectivity index (χ1) is 22.6. The highest BCUT2D eigenvalue weighted by Crippen LogP contribution is 2.39. The molecule has 2 amide bonds. The average Bonchev–Trinajstić information content (AvgIpc) is 3.53. The third-order valence-corrected chi connectivity index (χ3v) is 9.06. The van der Waals surface area contributed by atoms with Gasteiger partial charge in [-0.3, -0.25) is 19.1 Å². The van der Waals surface area contributed by atoms with Crippen molar-refractivity contribution in [2.24, 2.45) is 10.7 Å². The average molecular weight is 672 g/mol. The molecule has 3 heterocycles. The van der Waals surface area contributed by atoms with Crippen molar-refractivity contribution in [1.29, 1.82) is 0 Å². The van der Waals surface area contributed by atoms with Crippen molar-refractivity contribution in [3.05, 3.63) is 91.8 Å². The number of nitrogens with one attached hydrogen (secondary N) is 2. The van der Waals surface area contributed by atoms with Gasteiger partial charge in [-0.05, 0) is 63.1 Å². The number of hydrogen-bond donors (Lipinski definition) is 3. The molecule has 0 unspecified atom stereocenters. The van der Waals surface area contributed by atoms with Crippen LogP contribution in [0, 0.1) is 32.6 Å². The van der Waals surface area contributed by atoms with Crippen molar-refractivity contribution in [3.8, 4) is 16.8 Å². The number of anilines is 1. The summed E-state index contributed by atoms with van der Waals surface area (Å²) in [5.74, 6) is 5.84. The lowest BCUT2D eigenvalue weighted by atomic mass is 9.99. The summed E-state index contributed by atoms with van der Waals surface area (Å²) in [7, 11) is 1.28. The summed E-state index contributed by atoms with van der Waals surface area (Å²) < 4.78 is 6.81.